The fraction of sp³-hybridized carbons (Fsp3) is 0.533. The molecule has 0 atom stereocenters. The standard InChI is InChI=1S/C15H18BrNO4/c1-10-8-11(13(18)12(16)9-10)14(19)17-4-2-15(3-5-17)20-6-7-21-15/h8-9,18H,2-7H2,1H3. The number of halogens is 1. The Morgan fingerprint density at radius 2 is 1.90 bits per heavy atom. The number of aryl methyl sites for hydroxylation is 1. The van der Waals surface area contributed by atoms with Crippen LogP contribution >= 0.6 is 15.9 Å². The van der Waals surface area contributed by atoms with E-state index in [1.165, 1.54) is 0 Å². The molecule has 2 aliphatic heterocycles. The van der Waals surface area contributed by atoms with Gasteiger partial charge in [0, 0.05) is 25.9 Å². The summed E-state index contributed by atoms with van der Waals surface area (Å²) in [5, 5.41) is 10.1. The first kappa shape index (κ1) is 14.8. The van der Waals surface area contributed by atoms with Gasteiger partial charge >= 0.3 is 0 Å². The molecule has 0 aliphatic carbocycles. The summed E-state index contributed by atoms with van der Waals surface area (Å²) in [4.78, 5) is 14.3. The number of rotatable bonds is 1. The van der Waals surface area contributed by atoms with Gasteiger partial charge in [0.2, 0.25) is 0 Å². The quantitative estimate of drug-likeness (QED) is 0.840. The van der Waals surface area contributed by atoms with Gasteiger partial charge in [0.1, 0.15) is 5.75 Å². The van der Waals surface area contributed by atoms with Gasteiger partial charge in [-0.3, -0.25) is 4.79 Å². The monoisotopic (exact) mass is 355 g/mol. The van der Waals surface area contributed by atoms with Crippen LogP contribution in [0.2, 0.25) is 0 Å². The average molecular weight is 356 g/mol. The number of benzene rings is 1. The number of ether oxygens (including phenoxy) is 2. The molecule has 0 saturated carbocycles. The zero-order chi connectivity index (χ0) is 15.0. The molecule has 0 aromatic heterocycles. The maximum Gasteiger partial charge on any atom is 0.257 e. The van der Waals surface area contributed by atoms with Gasteiger partial charge in [-0.05, 0) is 40.5 Å². The molecule has 0 unspecified atom stereocenters. The fourth-order valence-electron chi connectivity index (χ4n) is 2.90. The lowest BCUT2D eigenvalue weighted by atomic mass is 10.0. The Morgan fingerprint density at radius 1 is 1.29 bits per heavy atom. The van der Waals surface area contributed by atoms with Crippen LogP contribution < -0.4 is 0 Å². The van der Waals surface area contributed by atoms with E-state index in [2.05, 4.69) is 15.9 Å². The smallest absolute Gasteiger partial charge is 0.257 e. The van der Waals surface area contributed by atoms with Gasteiger partial charge in [-0.1, -0.05) is 0 Å². The van der Waals surface area contributed by atoms with E-state index in [1.54, 1.807) is 17.0 Å². The van der Waals surface area contributed by atoms with Crippen LogP contribution in [0.15, 0.2) is 16.6 Å². The Kier molecular flexibility index (Phi) is 3.94. The second-order valence-corrected chi connectivity index (χ2v) is 6.40. The van der Waals surface area contributed by atoms with Gasteiger partial charge in [-0.2, -0.15) is 0 Å². The first-order chi connectivity index (χ1) is 10.0. The number of hydrogen-bond acceptors (Lipinski definition) is 4. The number of likely N-dealkylation sites (tertiary alicyclic amines) is 1. The second kappa shape index (κ2) is 5.59. The summed E-state index contributed by atoms with van der Waals surface area (Å²) in [6, 6.07) is 3.51. The van der Waals surface area contributed by atoms with Crippen molar-refractivity contribution in [2.45, 2.75) is 25.6 Å². The van der Waals surface area contributed by atoms with Crippen LogP contribution in [0.1, 0.15) is 28.8 Å². The summed E-state index contributed by atoms with van der Waals surface area (Å²) in [6.07, 6.45) is 1.35. The normalized spacial score (nSPS) is 21.0. The topological polar surface area (TPSA) is 59.0 Å². The number of carbonyl (C=O) groups excluding carboxylic acids is 1. The highest BCUT2D eigenvalue weighted by Crippen LogP contribution is 2.34. The van der Waals surface area contributed by atoms with E-state index in [-0.39, 0.29) is 11.7 Å². The Bertz CT molecular complexity index is 559. The van der Waals surface area contributed by atoms with Crippen molar-refractivity contribution >= 4 is 21.8 Å². The molecule has 2 heterocycles. The van der Waals surface area contributed by atoms with E-state index >= 15 is 0 Å². The number of amides is 1. The summed E-state index contributed by atoms with van der Waals surface area (Å²) < 4.78 is 11.9. The molecule has 1 N–H and O–H groups in total. The lowest BCUT2D eigenvalue weighted by Crippen LogP contribution is -2.47. The van der Waals surface area contributed by atoms with Gasteiger partial charge in [-0.15, -0.1) is 0 Å². The highest BCUT2D eigenvalue weighted by atomic mass is 79.9. The van der Waals surface area contributed by atoms with Crippen LogP contribution in [0.25, 0.3) is 0 Å². The van der Waals surface area contributed by atoms with Gasteiger partial charge in [0.15, 0.2) is 5.79 Å². The number of piperidine rings is 1. The Hall–Kier alpha value is -1.11. The predicted octanol–water partition coefficient (Wildman–Crippen LogP) is 2.44. The van der Waals surface area contributed by atoms with Gasteiger partial charge < -0.3 is 19.5 Å². The van der Waals surface area contributed by atoms with E-state index < -0.39 is 5.79 Å². The number of phenolic OH excluding ortho intramolecular Hbond substituents is 1. The summed E-state index contributed by atoms with van der Waals surface area (Å²) >= 11 is 3.28. The molecule has 1 spiro atoms. The minimum Gasteiger partial charge on any atom is -0.506 e. The molecule has 1 aromatic rings. The molecule has 0 radical (unpaired) electrons. The van der Waals surface area contributed by atoms with Crippen LogP contribution in [0.3, 0.4) is 0 Å². The summed E-state index contributed by atoms with van der Waals surface area (Å²) in [6.45, 7) is 4.29. The van der Waals surface area contributed by atoms with Crippen molar-refractivity contribution in [1.82, 2.24) is 4.90 Å². The van der Waals surface area contributed by atoms with Crippen molar-refractivity contribution in [3.8, 4) is 5.75 Å². The third kappa shape index (κ3) is 2.80. The average Bonchev–Trinajstić information content (AvgIpc) is 2.91. The van der Waals surface area contributed by atoms with E-state index in [4.69, 9.17) is 9.47 Å². The molecule has 6 heteroatoms. The first-order valence-corrected chi connectivity index (χ1v) is 7.86. The third-order valence-electron chi connectivity index (χ3n) is 4.06. The molecule has 1 aromatic carbocycles. The lowest BCUT2D eigenvalue weighted by Gasteiger charge is -2.37. The Balaban J connectivity index is 1.75. The number of phenols is 1. The molecule has 2 aliphatic rings. The Morgan fingerprint density at radius 3 is 2.52 bits per heavy atom. The molecule has 114 valence electrons. The van der Waals surface area contributed by atoms with Crippen LogP contribution in [-0.2, 0) is 9.47 Å². The van der Waals surface area contributed by atoms with Crippen molar-refractivity contribution in [2.75, 3.05) is 26.3 Å². The Labute approximate surface area is 132 Å². The molecule has 21 heavy (non-hydrogen) atoms. The van der Waals surface area contributed by atoms with Gasteiger partial charge in [0.05, 0.1) is 23.2 Å². The van der Waals surface area contributed by atoms with Crippen molar-refractivity contribution in [3.63, 3.8) is 0 Å². The SMILES string of the molecule is Cc1cc(Br)c(O)c(C(=O)N2CCC3(CC2)OCCO3)c1. The van der Waals surface area contributed by atoms with E-state index in [1.807, 2.05) is 6.92 Å². The van der Waals surface area contributed by atoms with Crippen LogP contribution in [0.5, 0.6) is 5.75 Å². The van der Waals surface area contributed by atoms with E-state index in [0.717, 1.165) is 5.56 Å². The minimum atomic E-state index is -0.494. The van der Waals surface area contributed by atoms with Crippen molar-refractivity contribution in [2.24, 2.45) is 0 Å². The summed E-state index contributed by atoms with van der Waals surface area (Å²) in [5.74, 6) is -0.643. The van der Waals surface area contributed by atoms with E-state index in [9.17, 15) is 9.90 Å². The molecular formula is C15H18BrNO4. The molecule has 0 bridgehead atoms. The number of carbonyl (C=O) groups is 1. The number of aromatic hydroxyl groups is 1. The van der Waals surface area contributed by atoms with E-state index in [0.29, 0.717) is 49.2 Å². The minimum absolute atomic E-state index is 0.000692. The maximum absolute atomic E-state index is 12.6. The van der Waals surface area contributed by atoms with Gasteiger partial charge in [0.25, 0.3) is 5.91 Å². The zero-order valence-electron chi connectivity index (χ0n) is 11.9. The lowest BCUT2D eigenvalue weighted by molar-refractivity contribution is -0.181. The van der Waals surface area contributed by atoms with Crippen LogP contribution in [0.4, 0.5) is 0 Å². The van der Waals surface area contributed by atoms with Crippen molar-refractivity contribution in [1.29, 1.82) is 0 Å². The van der Waals surface area contributed by atoms with Crippen LogP contribution in [-0.4, -0.2) is 48.0 Å². The largest absolute Gasteiger partial charge is 0.506 e. The summed E-state index contributed by atoms with van der Waals surface area (Å²) in [7, 11) is 0. The van der Waals surface area contributed by atoms with Crippen LogP contribution in [0, 0.1) is 6.92 Å². The highest BCUT2D eigenvalue weighted by molar-refractivity contribution is 9.10. The summed E-state index contributed by atoms with van der Waals surface area (Å²) in [5.41, 5.74) is 1.27. The van der Waals surface area contributed by atoms with Crippen molar-refractivity contribution < 1.29 is 19.4 Å². The zero-order valence-corrected chi connectivity index (χ0v) is 13.5. The first-order valence-electron chi connectivity index (χ1n) is 7.07. The molecule has 1 amide bonds. The molecule has 2 saturated heterocycles. The third-order valence-corrected chi connectivity index (χ3v) is 4.67. The molecule has 3 rings (SSSR count). The molecular weight excluding hydrogens is 338 g/mol. The highest BCUT2D eigenvalue weighted by Gasteiger charge is 2.41. The maximum atomic E-state index is 12.6. The predicted molar refractivity (Wildman–Crippen MR) is 80.3 cm³/mol. The van der Waals surface area contributed by atoms with Crippen molar-refractivity contribution in [3.05, 3.63) is 27.7 Å². The fourth-order valence-corrected chi connectivity index (χ4v) is 3.48. The molecule has 5 nitrogen and oxygen atoms in total. The second-order valence-electron chi connectivity index (χ2n) is 5.54. The van der Waals surface area contributed by atoms with Gasteiger partial charge in [-0.25, -0.2) is 0 Å². The number of nitrogens with zero attached hydrogens (tertiary/aromatic N) is 1. The number of hydrogen-bond donors (Lipinski definition) is 1. The molecule has 2 fully saturated rings.